The number of aromatic nitrogens is 1. The van der Waals surface area contributed by atoms with Gasteiger partial charge in [0, 0.05) is 43.2 Å². The minimum absolute atomic E-state index is 0.0185. The minimum atomic E-state index is -0.149. The molecule has 6 nitrogen and oxygen atoms in total. The Hall–Kier alpha value is -3.28. The molecule has 4 rings (SSSR count). The molecule has 1 atom stereocenters. The monoisotopic (exact) mass is 419 g/mol. The number of amides is 2. The van der Waals surface area contributed by atoms with Crippen molar-refractivity contribution in [3.8, 4) is 5.75 Å². The number of aryl methyl sites for hydroxylation is 1. The molecule has 1 aliphatic heterocycles. The van der Waals surface area contributed by atoms with E-state index in [-0.39, 0.29) is 17.7 Å². The maximum absolute atomic E-state index is 12.8. The van der Waals surface area contributed by atoms with Crippen LogP contribution in [0, 0.1) is 5.92 Å². The first-order valence-corrected chi connectivity index (χ1v) is 10.9. The predicted molar refractivity (Wildman–Crippen MR) is 121 cm³/mol. The van der Waals surface area contributed by atoms with E-state index in [1.165, 1.54) is 5.39 Å². The average Bonchev–Trinajstić information content (AvgIpc) is 3.24. The maximum atomic E-state index is 12.8. The zero-order valence-corrected chi connectivity index (χ0v) is 17.9. The Labute approximate surface area is 182 Å². The number of carbonyl (C=O) groups excluding carboxylic acids is 2. The molecular weight excluding hydrogens is 390 g/mol. The highest BCUT2D eigenvalue weighted by Gasteiger charge is 2.28. The van der Waals surface area contributed by atoms with Gasteiger partial charge in [-0.2, -0.15) is 0 Å². The molecule has 0 spiro atoms. The SMILES string of the molecule is COc1ccc(CNC(=O)[C@H]2CCCN(C(=O)CCc3c[nH]c4ccccc34)C2)cc1. The van der Waals surface area contributed by atoms with E-state index in [0.29, 0.717) is 25.9 Å². The lowest BCUT2D eigenvalue weighted by atomic mass is 9.96. The average molecular weight is 420 g/mol. The number of para-hydroxylation sites is 1. The number of ether oxygens (including phenoxy) is 1. The molecule has 6 heteroatoms. The zero-order chi connectivity index (χ0) is 21.6. The highest BCUT2D eigenvalue weighted by atomic mass is 16.5. The molecule has 2 N–H and O–H groups in total. The van der Waals surface area contributed by atoms with E-state index in [4.69, 9.17) is 4.74 Å². The third kappa shape index (κ3) is 5.08. The molecule has 31 heavy (non-hydrogen) atoms. The van der Waals surface area contributed by atoms with Gasteiger partial charge < -0.3 is 19.9 Å². The summed E-state index contributed by atoms with van der Waals surface area (Å²) in [4.78, 5) is 30.6. The number of likely N-dealkylation sites (tertiary alicyclic amines) is 1. The highest BCUT2D eigenvalue weighted by molar-refractivity contribution is 5.84. The van der Waals surface area contributed by atoms with E-state index in [9.17, 15) is 9.59 Å². The van der Waals surface area contributed by atoms with Gasteiger partial charge in [-0.25, -0.2) is 0 Å². The molecule has 0 aliphatic carbocycles. The summed E-state index contributed by atoms with van der Waals surface area (Å²) in [5.41, 5.74) is 3.28. The third-order valence-corrected chi connectivity index (χ3v) is 6.05. The van der Waals surface area contributed by atoms with Crippen molar-refractivity contribution in [1.82, 2.24) is 15.2 Å². The molecule has 1 fully saturated rings. The van der Waals surface area contributed by atoms with Gasteiger partial charge in [-0.05, 0) is 48.6 Å². The fourth-order valence-corrected chi connectivity index (χ4v) is 4.23. The molecule has 0 radical (unpaired) electrons. The van der Waals surface area contributed by atoms with Crippen LogP contribution in [-0.2, 0) is 22.6 Å². The van der Waals surface area contributed by atoms with E-state index < -0.39 is 0 Å². The van der Waals surface area contributed by atoms with Crippen molar-refractivity contribution in [3.05, 3.63) is 65.9 Å². The van der Waals surface area contributed by atoms with Crippen LogP contribution < -0.4 is 10.1 Å². The second-order valence-corrected chi connectivity index (χ2v) is 8.10. The number of rotatable bonds is 7. The molecular formula is C25H29N3O3. The van der Waals surface area contributed by atoms with Crippen LogP contribution in [0.2, 0.25) is 0 Å². The number of aromatic amines is 1. The van der Waals surface area contributed by atoms with Crippen molar-refractivity contribution in [2.75, 3.05) is 20.2 Å². The first-order valence-electron chi connectivity index (χ1n) is 10.9. The molecule has 0 unspecified atom stereocenters. The minimum Gasteiger partial charge on any atom is -0.497 e. The van der Waals surface area contributed by atoms with Crippen molar-refractivity contribution in [3.63, 3.8) is 0 Å². The third-order valence-electron chi connectivity index (χ3n) is 6.05. The molecule has 2 amide bonds. The number of benzene rings is 2. The van der Waals surface area contributed by atoms with E-state index >= 15 is 0 Å². The number of fused-ring (bicyclic) bond motifs is 1. The fraction of sp³-hybridized carbons (Fsp3) is 0.360. The second kappa shape index (κ2) is 9.69. The number of H-pyrrole nitrogens is 1. The molecule has 1 aliphatic rings. The summed E-state index contributed by atoms with van der Waals surface area (Å²) in [5, 5.41) is 4.19. The Bertz CT molecular complexity index is 1040. The van der Waals surface area contributed by atoms with Crippen molar-refractivity contribution in [2.45, 2.75) is 32.2 Å². The first-order chi connectivity index (χ1) is 15.1. The summed E-state index contributed by atoms with van der Waals surface area (Å²) in [6.45, 7) is 1.71. The molecule has 1 aromatic heterocycles. The van der Waals surface area contributed by atoms with E-state index in [2.05, 4.69) is 16.4 Å². The molecule has 0 saturated carbocycles. The van der Waals surface area contributed by atoms with Crippen LogP contribution in [0.4, 0.5) is 0 Å². The van der Waals surface area contributed by atoms with Gasteiger partial charge >= 0.3 is 0 Å². The van der Waals surface area contributed by atoms with Crippen LogP contribution in [0.25, 0.3) is 10.9 Å². The summed E-state index contributed by atoms with van der Waals surface area (Å²) in [6, 6.07) is 15.8. The van der Waals surface area contributed by atoms with Gasteiger partial charge in [0.15, 0.2) is 0 Å². The number of nitrogens with zero attached hydrogens (tertiary/aromatic N) is 1. The van der Waals surface area contributed by atoms with Crippen molar-refractivity contribution < 1.29 is 14.3 Å². The summed E-state index contributed by atoms with van der Waals surface area (Å²) >= 11 is 0. The molecule has 0 bridgehead atoms. The summed E-state index contributed by atoms with van der Waals surface area (Å²) in [7, 11) is 1.63. The van der Waals surface area contributed by atoms with Gasteiger partial charge in [-0.15, -0.1) is 0 Å². The number of hydrogen-bond donors (Lipinski definition) is 2. The molecule has 2 aromatic carbocycles. The molecule has 1 saturated heterocycles. The van der Waals surface area contributed by atoms with Crippen molar-refractivity contribution in [2.24, 2.45) is 5.92 Å². The number of methoxy groups -OCH3 is 1. The van der Waals surface area contributed by atoms with Crippen LogP contribution in [0.5, 0.6) is 5.75 Å². The molecule has 2 heterocycles. The lowest BCUT2D eigenvalue weighted by Gasteiger charge is -2.32. The Kier molecular flexibility index (Phi) is 6.55. The standard InChI is InChI=1S/C25H29N3O3/c1-31-21-11-8-18(9-12-21)15-27-25(30)20-5-4-14-28(17-20)24(29)13-10-19-16-26-23-7-3-2-6-22(19)23/h2-3,6-9,11-12,16,20,26H,4-5,10,13-15,17H2,1H3,(H,27,30)/t20-/m0/s1. The van der Waals surface area contributed by atoms with Gasteiger partial charge in [0.05, 0.1) is 13.0 Å². The van der Waals surface area contributed by atoms with Crippen LogP contribution in [0.15, 0.2) is 54.7 Å². The number of nitrogens with one attached hydrogen (secondary N) is 2. The predicted octanol–water partition coefficient (Wildman–Crippen LogP) is 3.66. The van der Waals surface area contributed by atoms with Crippen LogP contribution in [0.1, 0.15) is 30.4 Å². The van der Waals surface area contributed by atoms with Gasteiger partial charge in [-0.1, -0.05) is 30.3 Å². The van der Waals surface area contributed by atoms with Crippen molar-refractivity contribution in [1.29, 1.82) is 0 Å². The largest absolute Gasteiger partial charge is 0.497 e. The molecule has 3 aromatic rings. The summed E-state index contributed by atoms with van der Waals surface area (Å²) < 4.78 is 5.16. The number of carbonyl (C=O) groups is 2. The lowest BCUT2D eigenvalue weighted by molar-refractivity contribution is -0.135. The fourth-order valence-electron chi connectivity index (χ4n) is 4.23. The lowest BCUT2D eigenvalue weighted by Crippen LogP contribution is -2.45. The smallest absolute Gasteiger partial charge is 0.225 e. The van der Waals surface area contributed by atoms with E-state index in [1.54, 1.807) is 7.11 Å². The van der Waals surface area contributed by atoms with Gasteiger partial charge in [0.2, 0.25) is 11.8 Å². The zero-order valence-electron chi connectivity index (χ0n) is 17.9. The second-order valence-electron chi connectivity index (χ2n) is 8.10. The van der Waals surface area contributed by atoms with Gasteiger partial charge in [0.25, 0.3) is 0 Å². The number of hydrogen-bond acceptors (Lipinski definition) is 3. The Morgan fingerprint density at radius 2 is 1.97 bits per heavy atom. The van der Waals surface area contributed by atoms with Crippen molar-refractivity contribution >= 4 is 22.7 Å². The Morgan fingerprint density at radius 1 is 1.16 bits per heavy atom. The first kappa shape index (κ1) is 21.0. The van der Waals surface area contributed by atoms with Gasteiger partial charge in [0.1, 0.15) is 5.75 Å². The normalized spacial score (nSPS) is 16.3. The molecule has 162 valence electrons. The topological polar surface area (TPSA) is 74.4 Å². The van der Waals surface area contributed by atoms with Crippen LogP contribution in [-0.4, -0.2) is 41.9 Å². The summed E-state index contributed by atoms with van der Waals surface area (Å²) in [6.07, 6.45) is 4.83. The van der Waals surface area contributed by atoms with Gasteiger partial charge in [-0.3, -0.25) is 9.59 Å². The number of piperidine rings is 1. The van der Waals surface area contributed by atoms with Crippen LogP contribution in [0.3, 0.4) is 0 Å². The van der Waals surface area contributed by atoms with E-state index in [1.807, 2.05) is 53.6 Å². The maximum Gasteiger partial charge on any atom is 0.225 e. The van der Waals surface area contributed by atoms with Crippen LogP contribution >= 0.6 is 0 Å². The van der Waals surface area contributed by atoms with E-state index in [0.717, 1.165) is 41.8 Å². The Balaban J connectivity index is 1.27. The summed E-state index contributed by atoms with van der Waals surface area (Å²) in [5.74, 6) is 0.788. The highest BCUT2D eigenvalue weighted by Crippen LogP contribution is 2.21. The quantitative estimate of drug-likeness (QED) is 0.614. The Morgan fingerprint density at radius 3 is 2.77 bits per heavy atom.